The number of nitrogens with two attached hydrogens (primary N) is 1. The number of carbonyl (C=O) groups excluding carboxylic acids is 2. The van der Waals surface area contributed by atoms with Gasteiger partial charge >= 0.3 is 0 Å². The number of nitrogens with one attached hydrogen (secondary N) is 2. The second-order valence-electron chi connectivity index (χ2n) is 6.64. The Hall–Kier alpha value is -1.43. The number of carbonyl (C=O) groups is 2. The molecule has 0 saturated heterocycles. The van der Waals surface area contributed by atoms with Gasteiger partial charge in [-0.3, -0.25) is 13.8 Å². The molecule has 0 radical (unpaired) electrons. The molecule has 0 bridgehead atoms. The molecular formula is C18H33N3O4S. The Morgan fingerprint density at radius 1 is 1.27 bits per heavy atom. The van der Waals surface area contributed by atoms with Crippen LogP contribution in [-0.2, 0) is 20.4 Å². The minimum atomic E-state index is -1.02. The van der Waals surface area contributed by atoms with Gasteiger partial charge in [-0.15, -0.1) is 12.3 Å². The highest BCUT2D eigenvalue weighted by atomic mass is 32.2. The first-order chi connectivity index (χ1) is 12.3. The predicted octanol–water partition coefficient (Wildman–Crippen LogP) is -0.105. The van der Waals surface area contributed by atoms with Gasteiger partial charge in [-0.1, -0.05) is 13.8 Å². The fraction of sp³-hybridized carbons (Fsp3) is 0.778. The lowest BCUT2D eigenvalue weighted by atomic mass is 10.0. The maximum atomic E-state index is 12.2. The Morgan fingerprint density at radius 3 is 2.54 bits per heavy atom. The molecule has 0 fully saturated rings. The number of rotatable bonds is 14. The molecule has 0 aromatic carbocycles. The minimum absolute atomic E-state index is 0.0682. The van der Waals surface area contributed by atoms with Crippen LogP contribution in [0.3, 0.4) is 0 Å². The third kappa shape index (κ3) is 12.9. The molecule has 2 amide bonds. The van der Waals surface area contributed by atoms with E-state index >= 15 is 0 Å². The number of hydrogen-bond acceptors (Lipinski definition) is 5. The molecule has 0 aliphatic heterocycles. The van der Waals surface area contributed by atoms with E-state index in [-0.39, 0.29) is 25.3 Å². The van der Waals surface area contributed by atoms with Gasteiger partial charge < -0.3 is 21.5 Å². The molecule has 150 valence electrons. The van der Waals surface area contributed by atoms with Crippen LogP contribution in [0.5, 0.6) is 0 Å². The first-order valence-corrected chi connectivity index (χ1v) is 10.5. The number of amides is 2. The predicted molar refractivity (Wildman–Crippen MR) is 105 cm³/mol. The Kier molecular flexibility index (Phi) is 13.9. The highest BCUT2D eigenvalue weighted by Gasteiger charge is 2.20. The summed E-state index contributed by atoms with van der Waals surface area (Å²) in [6, 6.07) is -0.834. The van der Waals surface area contributed by atoms with Crippen LogP contribution in [0.2, 0.25) is 0 Å². The van der Waals surface area contributed by atoms with Crippen LogP contribution in [0.25, 0.3) is 0 Å². The van der Waals surface area contributed by atoms with Crippen molar-refractivity contribution in [3.63, 3.8) is 0 Å². The second-order valence-corrected chi connectivity index (χ2v) is 8.33. The van der Waals surface area contributed by atoms with Gasteiger partial charge in [0.1, 0.15) is 6.04 Å². The van der Waals surface area contributed by atoms with E-state index in [1.165, 1.54) is 0 Å². The van der Waals surface area contributed by atoms with Crippen molar-refractivity contribution in [1.82, 2.24) is 10.6 Å². The van der Waals surface area contributed by atoms with Gasteiger partial charge in [-0.05, 0) is 25.2 Å². The highest BCUT2D eigenvalue weighted by molar-refractivity contribution is 7.84. The quantitative estimate of drug-likeness (QED) is 0.310. The molecule has 0 rings (SSSR count). The Morgan fingerprint density at radius 2 is 1.96 bits per heavy atom. The van der Waals surface area contributed by atoms with Gasteiger partial charge in [0.15, 0.2) is 0 Å². The first kappa shape index (κ1) is 24.6. The maximum Gasteiger partial charge on any atom is 0.243 e. The van der Waals surface area contributed by atoms with Crippen LogP contribution >= 0.6 is 0 Å². The third-order valence-electron chi connectivity index (χ3n) is 3.68. The van der Waals surface area contributed by atoms with E-state index in [4.69, 9.17) is 12.2 Å². The molecule has 0 heterocycles. The molecule has 7 nitrogen and oxygen atoms in total. The fourth-order valence-corrected chi connectivity index (χ4v) is 3.12. The average molecular weight is 388 g/mol. The standard InChI is InChI=1S/C18H33N3O4S/c1-4-6-16(18(24)20-13-15(22)9-8-14(2)3)21-17(23)7-5-11-26(25)12-10-19/h1,14-16,22H,5-13,19H2,2-3H3,(H,20,24)(H,21,23)/t15-,16-,26?/m0/s1. The molecule has 0 aromatic rings. The summed E-state index contributed by atoms with van der Waals surface area (Å²) in [5, 5.41) is 15.1. The van der Waals surface area contributed by atoms with E-state index in [2.05, 4.69) is 30.4 Å². The molecule has 0 aliphatic rings. The van der Waals surface area contributed by atoms with Crippen molar-refractivity contribution in [3.05, 3.63) is 0 Å². The van der Waals surface area contributed by atoms with Gasteiger partial charge in [0.25, 0.3) is 0 Å². The lowest BCUT2D eigenvalue weighted by Gasteiger charge is -2.18. The summed E-state index contributed by atoms with van der Waals surface area (Å²) < 4.78 is 11.5. The van der Waals surface area contributed by atoms with E-state index < -0.39 is 28.9 Å². The van der Waals surface area contributed by atoms with E-state index in [9.17, 15) is 18.9 Å². The van der Waals surface area contributed by atoms with Crippen LogP contribution in [-0.4, -0.2) is 57.9 Å². The van der Waals surface area contributed by atoms with Crippen LogP contribution in [0.4, 0.5) is 0 Å². The van der Waals surface area contributed by atoms with Crippen molar-refractivity contribution < 1.29 is 18.9 Å². The monoisotopic (exact) mass is 387 g/mol. The van der Waals surface area contributed by atoms with Crippen LogP contribution < -0.4 is 16.4 Å². The van der Waals surface area contributed by atoms with Gasteiger partial charge in [-0.2, -0.15) is 0 Å². The Balaban J connectivity index is 4.27. The summed E-state index contributed by atoms with van der Waals surface area (Å²) in [4.78, 5) is 24.1. The minimum Gasteiger partial charge on any atom is -0.391 e. The molecule has 0 aliphatic carbocycles. The van der Waals surface area contributed by atoms with Crippen molar-refractivity contribution in [3.8, 4) is 12.3 Å². The zero-order chi connectivity index (χ0) is 19.9. The SMILES string of the molecule is C#CC[C@H](NC(=O)CCCS(=O)CCN)C(=O)NC[C@@H](O)CCC(C)C. The topological polar surface area (TPSA) is 122 Å². The first-order valence-electron chi connectivity index (χ1n) is 9.03. The smallest absolute Gasteiger partial charge is 0.243 e. The lowest BCUT2D eigenvalue weighted by molar-refractivity contribution is -0.129. The van der Waals surface area contributed by atoms with Crippen molar-refractivity contribution in [2.75, 3.05) is 24.6 Å². The zero-order valence-electron chi connectivity index (χ0n) is 15.8. The van der Waals surface area contributed by atoms with E-state index in [0.717, 1.165) is 6.42 Å². The number of aliphatic hydroxyl groups excluding tert-OH is 1. The highest BCUT2D eigenvalue weighted by Crippen LogP contribution is 2.06. The van der Waals surface area contributed by atoms with Gasteiger partial charge in [0, 0.05) is 48.2 Å². The molecule has 5 N–H and O–H groups in total. The molecule has 0 aromatic heterocycles. The zero-order valence-corrected chi connectivity index (χ0v) is 16.6. The third-order valence-corrected chi connectivity index (χ3v) is 5.12. The van der Waals surface area contributed by atoms with Crippen molar-refractivity contribution in [2.45, 2.75) is 58.1 Å². The molecule has 3 atom stereocenters. The largest absolute Gasteiger partial charge is 0.391 e. The molecule has 1 unspecified atom stereocenters. The van der Waals surface area contributed by atoms with Crippen LogP contribution in [0.15, 0.2) is 0 Å². The summed E-state index contributed by atoms with van der Waals surface area (Å²) in [6.07, 6.45) is 6.81. The maximum absolute atomic E-state index is 12.2. The Bertz CT molecular complexity index is 491. The van der Waals surface area contributed by atoms with Crippen molar-refractivity contribution in [1.29, 1.82) is 0 Å². The van der Waals surface area contributed by atoms with Gasteiger partial charge in [0.2, 0.25) is 11.8 Å². The molecular weight excluding hydrogens is 354 g/mol. The van der Waals surface area contributed by atoms with Crippen molar-refractivity contribution >= 4 is 22.6 Å². The summed E-state index contributed by atoms with van der Waals surface area (Å²) in [7, 11) is -1.02. The van der Waals surface area contributed by atoms with Gasteiger partial charge in [-0.25, -0.2) is 0 Å². The van der Waals surface area contributed by atoms with E-state index in [1.54, 1.807) is 0 Å². The molecule has 8 heteroatoms. The van der Waals surface area contributed by atoms with E-state index in [0.29, 0.717) is 36.8 Å². The normalized spacial score (nSPS) is 14.3. The molecule has 0 spiro atoms. The molecule has 0 saturated carbocycles. The summed E-state index contributed by atoms with van der Waals surface area (Å²) in [5.41, 5.74) is 5.32. The number of aliphatic hydroxyl groups is 1. The van der Waals surface area contributed by atoms with Gasteiger partial charge in [0.05, 0.1) is 6.10 Å². The fourth-order valence-electron chi connectivity index (χ4n) is 2.19. The molecule has 26 heavy (non-hydrogen) atoms. The summed E-state index contributed by atoms with van der Waals surface area (Å²) >= 11 is 0. The van der Waals surface area contributed by atoms with E-state index in [1.807, 2.05) is 0 Å². The van der Waals surface area contributed by atoms with Crippen molar-refractivity contribution in [2.24, 2.45) is 11.7 Å². The summed E-state index contributed by atoms with van der Waals surface area (Å²) in [6.45, 7) is 4.61. The lowest BCUT2D eigenvalue weighted by Crippen LogP contribution is -2.48. The van der Waals surface area contributed by atoms with Crippen LogP contribution in [0, 0.1) is 18.3 Å². The van der Waals surface area contributed by atoms with Crippen LogP contribution in [0.1, 0.15) is 46.0 Å². The Labute approximate surface area is 159 Å². The summed E-state index contributed by atoms with van der Waals surface area (Å²) in [5.74, 6) is 2.95. The number of hydrogen-bond donors (Lipinski definition) is 4. The second kappa shape index (κ2) is 14.7. The number of terminal acetylenes is 1. The average Bonchev–Trinajstić information content (AvgIpc) is 2.57.